The van der Waals surface area contributed by atoms with Crippen molar-refractivity contribution in [2.45, 2.75) is 92.8 Å². The van der Waals surface area contributed by atoms with Gasteiger partial charge in [-0.2, -0.15) is 0 Å². The number of piperazine rings is 2. The van der Waals surface area contributed by atoms with Gasteiger partial charge >= 0.3 is 7.05 Å². The Kier molecular flexibility index (Phi) is 13.3. The van der Waals surface area contributed by atoms with Crippen molar-refractivity contribution in [3.63, 3.8) is 0 Å². The topological polar surface area (TPSA) is 62.3 Å². The SMILES string of the molecule is CB(O)N1CCC(CC(=O)N2CCN(Cc3ccccc3)C[C@@H]2C(C)(C)C)CC1.CC(C)(C)[C@H]1CN(Cc2ccccc2)CCN1. The van der Waals surface area contributed by atoms with Crippen LogP contribution in [0.25, 0.3) is 0 Å². The van der Waals surface area contributed by atoms with Crippen LogP contribution < -0.4 is 5.32 Å². The van der Waals surface area contributed by atoms with Gasteiger partial charge in [-0.1, -0.05) is 102 Å². The summed E-state index contributed by atoms with van der Waals surface area (Å²) in [6, 6.07) is 22.2. The van der Waals surface area contributed by atoms with Gasteiger partial charge in [0.2, 0.25) is 5.91 Å². The molecule has 0 saturated carbocycles. The van der Waals surface area contributed by atoms with E-state index < -0.39 is 0 Å². The molecular weight excluding hydrogens is 569 g/mol. The van der Waals surface area contributed by atoms with E-state index in [1.165, 1.54) is 11.1 Å². The third kappa shape index (κ3) is 11.2. The Balaban J connectivity index is 0.000000240. The molecule has 5 rings (SSSR count). The van der Waals surface area contributed by atoms with Gasteiger partial charge < -0.3 is 20.1 Å². The number of hydrogen-bond acceptors (Lipinski definition) is 6. The summed E-state index contributed by atoms with van der Waals surface area (Å²) in [5, 5.41) is 13.4. The first-order chi connectivity index (χ1) is 21.8. The van der Waals surface area contributed by atoms with Gasteiger partial charge in [0, 0.05) is 70.9 Å². The van der Waals surface area contributed by atoms with E-state index >= 15 is 0 Å². The first-order valence-electron chi connectivity index (χ1n) is 17.8. The van der Waals surface area contributed by atoms with Gasteiger partial charge in [0.05, 0.1) is 0 Å². The lowest BCUT2D eigenvalue weighted by molar-refractivity contribution is -0.141. The Morgan fingerprint density at radius 3 is 1.83 bits per heavy atom. The minimum atomic E-state index is -0.380. The van der Waals surface area contributed by atoms with Crippen molar-refractivity contribution < 1.29 is 9.82 Å². The molecule has 254 valence electrons. The van der Waals surface area contributed by atoms with Gasteiger partial charge in [0.1, 0.15) is 0 Å². The van der Waals surface area contributed by atoms with E-state index in [0.717, 1.165) is 78.3 Å². The molecule has 3 aliphatic rings. The molecule has 0 aliphatic carbocycles. The Labute approximate surface area is 280 Å². The highest BCUT2D eigenvalue weighted by molar-refractivity contribution is 6.45. The van der Waals surface area contributed by atoms with Crippen LogP contribution in [0.3, 0.4) is 0 Å². The third-order valence-corrected chi connectivity index (χ3v) is 10.2. The molecule has 8 heteroatoms. The molecule has 3 aliphatic heterocycles. The van der Waals surface area contributed by atoms with E-state index in [0.29, 0.717) is 29.7 Å². The molecule has 2 aromatic rings. The minimum Gasteiger partial charge on any atom is -0.437 e. The molecule has 0 unspecified atom stereocenters. The molecular formula is C38H62BN5O2. The minimum absolute atomic E-state index is 0.0563. The van der Waals surface area contributed by atoms with Crippen molar-refractivity contribution in [2.75, 3.05) is 52.4 Å². The summed E-state index contributed by atoms with van der Waals surface area (Å²) < 4.78 is 0. The molecule has 2 aromatic carbocycles. The fourth-order valence-electron chi connectivity index (χ4n) is 7.14. The highest BCUT2D eigenvalue weighted by Crippen LogP contribution is 2.31. The van der Waals surface area contributed by atoms with E-state index in [-0.39, 0.29) is 18.5 Å². The lowest BCUT2D eigenvalue weighted by Gasteiger charge is -2.48. The second-order valence-electron chi connectivity index (χ2n) is 16.1. The highest BCUT2D eigenvalue weighted by atomic mass is 16.2. The second kappa shape index (κ2) is 16.7. The molecule has 0 aromatic heterocycles. The molecule has 0 bridgehead atoms. The van der Waals surface area contributed by atoms with Crippen molar-refractivity contribution in [1.29, 1.82) is 0 Å². The number of benzene rings is 2. The summed E-state index contributed by atoms with van der Waals surface area (Å²) >= 11 is 0. The van der Waals surface area contributed by atoms with Gasteiger partial charge in [0.15, 0.2) is 0 Å². The van der Waals surface area contributed by atoms with Crippen LogP contribution in [0.5, 0.6) is 0 Å². The smallest absolute Gasteiger partial charge is 0.376 e. The maximum absolute atomic E-state index is 13.2. The predicted octanol–water partition coefficient (Wildman–Crippen LogP) is 5.46. The van der Waals surface area contributed by atoms with E-state index in [9.17, 15) is 9.82 Å². The number of amides is 1. The van der Waals surface area contributed by atoms with E-state index in [1.807, 2.05) is 6.82 Å². The van der Waals surface area contributed by atoms with Crippen molar-refractivity contribution in [2.24, 2.45) is 16.7 Å². The Hall–Kier alpha value is -2.23. The van der Waals surface area contributed by atoms with Crippen LogP contribution in [0.2, 0.25) is 6.82 Å². The van der Waals surface area contributed by atoms with Gasteiger partial charge in [-0.25, -0.2) is 0 Å². The van der Waals surface area contributed by atoms with Crippen LogP contribution in [0.4, 0.5) is 0 Å². The normalized spacial score (nSPS) is 22.7. The van der Waals surface area contributed by atoms with Crippen molar-refractivity contribution >= 4 is 13.0 Å². The molecule has 3 saturated heterocycles. The van der Waals surface area contributed by atoms with Crippen LogP contribution in [0.15, 0.2) is 60.7 Å². The number of rotatable bonds is 7. The van der Waals surface area contributed by atoms with Crippen molar-refractivity contribution in [3.05, 3.63) is 71.8 Å². The average Bonchev–Trinajstić information content (AvgIpc) is 3.02. The van der Waals surface area contributed by atoms with Crippen molar-refractivity contribution in [1.82, 2.24) is 24.8 Å². The fourth-order valence-corrected chi connectivity index (χ4v) is 7.14. The zero-order chi connectivity index (χ0) is 33.3. The highest BCUT2D eigenvalue weighted by Gasteiger charge is 2.38. The summed E-state index contributed by atoms with van der Waals surface area (Å²) in [4.78, 5) is 22.6. The maximum Gasteiger partial charge on any atom is 0.376 e. The fraction of sp³-hybridized carbons (Fsp3) is 0.658. The Bertz CT molecular complexity index is 1180. The number of carbonyl (C=O) groups is 1. The summed E-state index contributed by atoms with van der Waals surface area (Å²) in [5.41, 5.74) is 3.16. The van der Waals surface area contributed by atoms with E-state index in [1.54, 1.807) is 0 Å². The Morgan fingerprint density at radius 2 is 1.33 bits per heavy atom. The average molecular weight is 632 g/mol. The number of hydrogen-bond donors (Lipinski definition) is 2. The third-order valence-electron chi connectivity index (χ3n) is 10.2. The molecule has 2 N–H and O–H groups in total. The van der Waals surface area contributed by atoms with Gasteiger partial charge in [0.25, 0.3) is 0 Å². The molecule has 46 heavy (non-hydrogen) atoms. The first-order valence-corrected chi connectivity index (χ1v) is 17.8. The zero-order valence-corrected chi connectivity index (χ0v) is 29.9. The van der Waals surface area contributed by atoms with Crippen LogP contribution >= 0.6 is 0 Å². The Morgan fingerprint density at radius 1 is 0.783 bits per heavy atom. The van der Waals surface area contributed by atoms with Crippen LogP contribution in [0.1, 0.15) is 71.9 Å². The lowest BCUT2D eigenvalue weighted by Crippen LogP contribution is -2.59. The number of carbonyl (C=O) groups excluding carboxylic acids is 1. The zero-order valence-electron chi connectivity index (χ0n) is 29.9. The lowest BCUT2D eigenvalue weighted by atomic mass is 9.80. The summed E-state index contributed by atoms with van der Waals surface area (Å²) in [6.45, 7) is 25.5. The molecule has 3 fully saturated rings. The molecule has 7 nitrogen and oxygen atoms in total. The molecule has 0 radical (unpaired) electrons. The van der Waals surface area contributed by atoms with Gasteiger partial charge in [-0.15, -0.1) is 0 Å². The molecule has 2 atom stereocenters. The number of nitrogens with zero attached hydrogens (tertiary/aromatic N) is 4. The number of piperidine rings is 1. The van der Waals surface area contributed by atoms with Crippen LogP contribution in [0, 0.1) is 16.7 Å². The summed E-state index contributed by atoms with van der Waals surface area (Å²) in [6.07, 6.45) is 2.66. The molecule has 3 heterocycles. The van der Waals surface area contributed by atoms with Crippen molar-refractivity contribution in [3.8, 4) is 0 Å². The maximum atomic E-state index is 13.2. The standard InChI is InChI=1S/C23H38BN3O2.C15H24N2/c1-23(2,3)21-18-25(17-20-8-6-5-7-9-20)14-15-27(21)22(28)16-19-10-12-26(13-11-19)24(4)29;1-15(2,3)14-12-17(10-9-16-14)11-13-7-5-4-6-8-13/h5-9,19,21,29H,10-18H2,1-4H3;4-8,14,16H,9-12H2,1-3H3/t21-;14-/m11/s1. The predicted molar refractivity (Wildman–Crippen MR) is 192 cm³/mol. The second-order valence-corrected chi connectivity index (χ2v) is 16.1. The van der Waals surface area contributed by atoms with Crippen LogP contribution in [-0.2, 0) is 17.9 Å². The largest absolute Gasteiger partial charge is 0.437 e. The van der Waals surface area contributed by atoms with Gasteiger partial charge in [-0.05, 0) is 60.6 Å². The van der Waals surface area contributed by atoms with E-state index in [2.05, 4.69) is 127 Å². The first kappa shape index (κ1) is 36.6. The quantitative estimate of drug-likeness (QED) is 0.396. The van der Waals surface area contributed by atoms with Crippen LogP contribution in [-0.4, -0.2) is 102 Å². The van der Waals surface area contributed by atoms with Gasteiger partial charge in [-0.3, -0.25) is 14.6 Å². The summed E-state index contributed by atoms with van der Waals surface area (Å²) in [5.74, 6) is 0.764. The summed E-state index contributed by atoms with van der Waals surface area (Å²) in [7, 11) is -0.380. The van der Waals surface area contributed by atoms with E-state index in [4.69, 9.17) is 0 Å². The molecule has 0 spiro atoms. The number of nitrogens with one attached hydrogen (secondary N) is 1. The monoisotopic (exact) mass is 631 g/mol. The molecule has 1 amide bonds.